The van der Waals surface area contributed by atoms with Crippen molar-refractivity contribution in [2.75, 3.05) is 0 Å². The summed E-state index contributed by atoms with van der Waals surface area (Å²) in [5.74, 6) is -0.760. The van der Waals surface area contributed by atoms with Gasteiger partial charge >= 0.3 is 5.97 Å². The molecule has 0 spiro atoms. The Balaban J connectivity index is 2.24. The number of benzene rings is 1. The average molecular weight is 270 g/mol. The Morgan fingerprint density at radius 3 is 2.40 bits per heavy atom. The van der Waals surface area contributed by atoms with Gasteiger partial charge in [-0.2, -0.15) is 10.5 Å². The molecule has 0 atom stereocenters. The van der Waals surface area contributed by atoms with E-state index < -0.39 is 0 Å². The lowest BCUT2D eigenvalue weighted by molar-refractivity contribution is -0.140. The van der Waals surface area contributed by atoms with E-state index in [1.54, 1.807) is 12.1 Å². The van der Waals surface area contributed by atoms with Crippen LogP contribution in [0.3, 0.4) is 0 Å². The highest BCUT2D eigenvalue weighted by molar-refractivity contribution is 5.76. The van der Waals surface area contributed by atoms with Crippen LogP contribution >= 0.6 is 0 Å². The molecule has 1 aromatic rings. The van der Waals surface area contributed by atoms with Gasteiger partial charge in [-0.15, -0.1) is 0 Å². The zero-order chi connectivity index (χ0) is 14.5. The second-order valence-electron chi connectivity index (χ2n) is 4.81. The largest absolute Gasteiger partial charge is 0.507 e. The molecule has 0 unspecified atom stereocenters. The van der Waals surface area contributed by atoms with Gasteiger partial charge in [-0.05, 0) is 25.0 Å². The molecule has 1 N–H and O–H groups in total. The van der Waals surface area contributed by atoms with Gasteiger partial charge in [-0.1, -0.05) is 19.3 Å². The number of hydrogen-bond donors (Lipinski definition) is 1. The standard InChI is InChI=1S/C15H14N2O3/c16-8-11-12(9-17)14(7-6-13(11)18)20-15(19)10-4-2-1-3-5-10/h6-7,10,18H,1-5H2. The smallest absolute Gasteiger partial charge is 0.314 e. The van der Waals surface area contributed by atoms with Crippen molar-refractivity contribution in [2.45, 2.75) is 32.1 Å². The summed E-state index contributed by atoms with van der Waals surface area (Å²) < 4.78 is 5.25. The maximum absolute atomic E-state index is 12.0. The number of aromatic hydroxyl groups is 1. The number of ether oxygens (including phenoxy) is 1. The van der Waals surface area contributed by atoms with Crippen LogP contribution < -0.4 is 4.74 Å². The second kappa shape index (κ2) is 6.08. The summed E-state index contributed by atoms with van der Waals surface area (Å²) in [7, 11) is 0. The van der Waals surface area contributed by atoms with Crippen LogP contribution in [0.25, 0.3) is 0 Å². The number of hydrogen-bond acceptors (Lipinski definition) is 5. The van der Waals surface area contributed by atoms with E-state index in [4.69, 9.17) is 15.3 Å². The summed E-state index contributed by atoms with van der Waals surface area (Å²) in [5, 5.41) is 27.5. The number of nitriles is 2. The number of carbonyl (C=O) groups is 1. The lowest BCUT2D eigenvalue weighted by Crippen LogP contribution is -2.23. The first-order valence-corrected chi connectivity index (χ1v) is 6.55. The summed E-state index contributed by atoms with van der Waals surface area (Å²) in [4.78, 5) is 12.0. The van der Waals surface area contributed by atoms with E-state index in [1.807, 2.05) is 0 Å². The van der Waals surface area contributed by atoms with Gasteiger partial charge in [0.05, 0.1) is 5.92 Å². The molecule has 1 aliphatic rings. The number of phenols is 1. The molecule has 0 aromatic heterocycles. The van der Waals surface area contributed by atoms with E-state index in [-0.39, 0.29) is 34.5 Å². The van der Waals surface area contributed by atoms with Crippen molar-refractivity contribution in [3.8, 4) is 23.6 Å². The Morgan fingerprint density at radius 1 is 1.15 bits per heavy atom. The quantitative estimate of drug-likeness (QED) is 0.658. The Bertz CT molecular complexity index is 605. The summed E-state index contributed by atoms with van der Waals surface area (Å²) in [6, 6.07) is 6.14. The van der Waals surface area contributed by atoms with Gasteiger partial charge in [0.2, 0.25) is 0 Å². The van der Waals surface area contributed by atoms with E-state index in [2.05, 4.69) is 0 Å². The summed E-state index contributed by atoms with van der Waals surface area (Å²) in [6.07, 6.45) is 4.73. The molecule has 0 saturated heterocycles. The SMILES string of the molecule is N#Cc1c(O)ccc(OC(=O)C2CCCCC2)c1C#N. The average Bonchev–Trinajstić information content (AvgIpc) is 2.49. The minimum atomic E-state index is -0.365. The fourth-order valence-corrected chi connectivity index (χ4v) is 2.41. The number of carbonyl (C=O) groups excluding carboxylic acids is 1. The first-order valence-electron chi connectivity index (χ1n) is 6.55. The monoisotopic (exact) mass is 270 g/mol. The molecular weight excluding hydrogens is 256 g/mol. The van der Waals surface area contributed by atoms with Crippen LogP contribution in [0.1, 0.15) is 43.2 Å². The third-order valence-corrected chi connectivity index (χ3v) is 3.52. The van der Waals surface area contributed by atoms with Crippen molar-refractivity contribution < 1.29 is 14.6 Å². The lowest BCUT2D eigenvalue weighted by atomic mass is 9.89. The molecule has 5 heteroatoms. The van der Waals surface area contributed by atoms with Gasteiger partial charge in [0.1, 0.15) is 34.8 Å². The van der Waals surface area contributed by atoms with Gasteiger partial charge in [0.15, 0.2) is 0 Å². The van der Waals surface area contributed by atoms with E-state index in [0.717, 1.165) is 32.1 Å². The summed E-state index contributed by atoms with van der Waals surface area (Å²) >= 11 is 0. The molecule has 20 heavy (non-hydrogen) atoms. The fraction of sp³-hybridized carbons (Fsp3) is 0.400. The van der Waals surface area contributed by atoms with Crippen molar-refractivity contribution in [1.82, 2.24) is 0 Å². The van der Waals surface area contributed by atoms with Crippen LogP contribution in [0.4, 0.5) is 0 Å². The lowest BCUT2D eigenvalue weighted by Gasteiger charge is -2.20. The first kappa shape index (κ1) is 13.9. The number of esters is 1. The van der Waals surface area contributed by atoms with Gasteiger partial charge in [0.25, 0.3) is 0 Å². The molecule has 102 valence electrons. The zero-order valence-electron chi connectivity index (χ0n) is 10.9. The molecule has 0 bridgehead atoms. The van der Waals surface area contributed by atoms with E-state index in [1.165, 1.54) is 12.1 Å². The molecule has 0 radical (unpaired) electrons. The number of phenolic OH excluding ortho intramolecular Hbond substituents is 1. The highest BCUT2D eigenvalue weighted by atomic mass is 16.5. The molecule has 1 saturated carbocycles. The normalized spacial score (nSPS) is 15.1. The highest BCUT2D eigenvalue weighted by Crippen LogP contribution is 2.31. The minimum absolute atomic E-state index is 0.0393. The van der Waals surface area contributed by atoms with Crippen LogP contribution in [0, 0.1) is 28.6 Å². The van der Waals surface area contributed by atoms with Gasteiger partial charge in [0, 0.05) is 0 Å². The van der Waals surface area contributed by atoms with Crippen LogP contribution in [-0.2, 0) is 4.79 Å². The molecule has 5 nitrogen and oxygen atoms in total. The Kier molecular flexibility index (Phi) is 4.22. The molecule has 1 fully saturated rings. The Morgan fingerprint density at radius 2 is 1.80 bits per heavy atom. The first-order chi connectivity index (χ1) is 9.67. The maximum Gasteiger partial charge on any atom is 0.314 e. The van der Waals surface area contributed by atoms with Crippen molar-refractivity contribution in [2.24, 2.45) is 5.92 Å². The van der Waals surface area contributed by atoms with Crippen LogP contribution in [0.2, 0.25) is 0 Å². The maximum atomic E-state index is 12.0. The fourth-order valence-electron chi connectivity index (χ4n) is 2.41. The zero-order valence-corrected chi connectivity index (χ0v) is 10.9. The van der Waals surface area contributed by atoms with Gasteiger partial charge in [-0.25, -0.2) is 0 Å². The molecule has 1 aliphatic carbocycles. The predicted molar refractivity (Wildman–Crippen MR) is 69.7 cm³/mol. The third-order valence-electron chi connectivity index (χ3n) is 3.52. The van der Waals surface area contributed by atoms with E-state index in [0.29, 0.717) is 0 Å². The van der Waals surface area contributed by atoms with Crippen LogP contribution in [-0.4, -0.2) is 11.1 Å². The van der Waals surface area contributed by atoms with Crippen molar-refractivity contribution in [3.05, 3.63) is 23.3 Å². The van der Waals surface area contributed by atoms with Crippen molar-refractivity contribution >= 4 is 5.97 Å². The molecule has 0 heterocycles. The summed E-state index contributed by atoms with van der Waals surface area (Å²) in [5.41, 5.74) is -0.266. The van der Waals surface area contributed by atoms with E-state index in [9.17, 15) is 9.90 Å². The topological polar surface area (TPSA) is 94.1 Å². The van der Waals surface area contributed by atoms with Crippen molar-refractivity contribution in [1.29, 1.82) is 10.5 Å². The number of rotatable bonds is 2. The minimum Gasteiger partial charge on any atom is -0.507 e. The van der Waals surface area contributed by atoms with Gasteiger partial charge in [-0.3, -0.25) is 4.79 Å². The third kappa shape index (κ3) is 2.73. The molecule has 0 aliphatic heterocycles. The van der Waals surface area contributed by atoms with Crippen LogP contribution in [0.15, 0.2) is 12.1 Å². The molecule has 0 amide bonds. The predicted octanol–water partition coefficient (Wildman–Crippen LogP) is 2.62. The molecular formula is C15H14N2O3. The molecule has 2 rings (SSSR count). The van der Waals surface area contributed by atoms with Gasteiger partial charge < -0.3 is 9.84 Å². The number of nitrogens with zero attached hydrogens (tertiary/aromatic N) is 2. The molecule has 1 aromatic carbocycles. The second-order valence-corrected chi connectivity index (χ2v) is 4.81. The van der Waals surface area contributed by atoms with Crippen LogP contribution in [0.5, 0.6) is 11.5 Å². The Hall–Kier alpha value is -2.53. The van der Waals surface area contributed by atoms with E-state index >= 15 is 0 Å². The summed E-state index contributed by atoms with van der Waals surface area (Å²) in [6.45, 7) is 0. The Labute approximate surface area is 117 Å². The van der Waals surface area contributed by atoms with Crippen molar-refractivity contribution in [3.63, 3.8) is 0 Å². The highest BCUT2D eigenvalue weighted by Gasteiger charge is 2.24.